The van der Waals surface area contributed by atoms with Crippen molar-refractivity contribution in [3.63, 3.8) is 0 Å². The second-order valence-corrected chi connectivity index (χ2v) is 4.37. The first-order valence-corrected chi connectivity index (χ1v) is 6.19. The zero-order valence-corrected chi connectivity index (χ0v) is 10.1. The van der Waals surface area contributed by atoms with Gasteiger partial charge in [-0.25, -0.2) is 0 Å². The van der Waals surface area contributed by atoms with E-state index in [-0.39, 0.29) is 0 Å². The molecule has 16 heavy (non-hydrogen) atoms. The van der Waals surface area contributed by atoms with Gasteiger partial charge in [0.15, 0.2) is 0 Å². The van der Waals surface area contributed by atoms with Crippen molar-refractivity contribution in [2.75, 3.05) is 13.7 Å². The summed E-state index contributed by atoms with van der Waals surface area (Å²) in [6.07, 6.45) is 0.904. The summed E-state index contributed by atoms with van der Waals surface area (Å²) < 4.78 is 5.38. The first-order valence-electron chi connectivity index (χ1n) is 5.24. The van der Waals surface area contributed by atoms with Crippen LogP contribution in [0.2, 0.25) is 0 Å². The van der Waals surface area contributed by atoms with Gasteiger partial charge in [0.05, 0.1) is 7.11 Å². The third-order valence-corrected chi connectivity index (χ3v) is 3.21. The quantitative estimate of drug-likeness (QED) is 0.881. The molecule has 0 aliphatic carbocycles. The summed E-state index contributed by atoms with van der Waals surface area (Å²) in [4.78, 5) is 0. The topological polar surface area (TPSA) is 35.2 Å². The summed E-state index contributed by atoms with van der Waals surface area (Å²) in [7, 11) is 1.70. The lowest BCUT2D eigenvalue weighted by Crippen LogP contribution is -2.02. The van der Waals surface area contributed by atoms with Crippen molar-refractivity contribution in [1.29, 1.82) is 0 Å². The van der Waals surface area contributed by atoms with Gasteiger partial charge in [-0.3, -0.25) is 0 Å². The lowest BCUT2D eigenvalue weighted by molar-refractivity contribution is 0.416. The predicted octanol–water partition coefficient (Wildman–Crippen LogP) is 2.92. The smallest absolute Gasteiger partial charge is 0.126 e. The predicted molar refractivity (Wildman–Crippen MR) is 69.1 cm³/mol. The average Bonchev–Trinajstić information content (AvgIpc) is 2.83. The van der Waals surface area contributed by atoms with E-state index in [1.54, 1.807) is 18.4 Å². The molecular formula is C13H15NOS. The van der Waals surface area contributed by atoms with Crippen LogP contribution in [0.4, 0.5) is 0 Å². The molecule has 0 fully saturated rings. The lowest BCUT2D eigenvalue weighted by Gasteiger charge is -2.09. The van der Waals surface area contributed by atoms with Crippen LogP contribution in [0.25, 0.3) is 11.1 Å². The summed E-state index contributed by atoms with van der Waals surface area (Å²) in [6.45, 7) is 0.676. The highest BCUT2D eigenvalue weighted by atomic mass is 32.1. The zero-order valence-electron chi connectivity index (χ0n) is 9.27. The summed E-state index contributed by atoms with van der Waals surface area (Å²) in [5.74, 6) is 0.916. The van der Waals surface area contributed by atoms with Crippen LogP contribution in [-0.2, 0) is 6.42 Å². The number of hydrogen-bond acceptors (Lipinski definition) is 3. The zero-order chi connectivity index (χ0) is 11.4. The van der Waals surface area contributed by atoms with E-state index in [1.165, 1.54) is 11.1 Å². The van der Waals surface area contributed by atoms with Crippen molar-refractivity contribution in [3.8, 4) is 16.9 Å². The van der Waals surface area contributed by atoms with Gasteiger partial charge in [-0.05, 0) is 53.1 Å². The van der Waals surface area contributed by atoms with Gasteiger partial charge in [0, 0.05) is 5.56 Å². The first-order chi connectivity index (χ1) is 7.85. The van der Waals surface area contributed by atoms with Gasteiger partial charge in [0.2, 0.25) is 0 Å². The Bertz CT molecular complexity index is 451. The molecule has 84 valence electrons. The second-order valence-electron chi connectivity index (χ2n) is 3.59. The molecule has 3 heteroatoms. The maximum absolute atomic E-state index is 5.57. The van der Waals surface area contributed by atoms with Gasteiger partial charge in [0.1, 0.15) is 5.75 Å². The van der Waals surface area contributed by atoms with Crippen LogP contribution in [-0.4, -0.2) is 13.7 Å². The molecular weight excluding hydrogens is 218 g/mol. The number of rotatable bonds is 4. The van der Waals surface area contributed by atoms with Crippen LogP contribution in [0.1, 0.15) is 5.56 Å². The monoisotopic (exact) mass is 233 g/mol. The average molecular weight is 233 g/mol. The molecule has 0 bridgehead atoms. The van der Waals surface area contributed by atoms with Crippen LogP contribution in [0.15, 0.2) is 35.0 Å². The van der Waals surface area contributed by atoms with E-state index in [0.717, 1.165) is 17.7 Å². The SMILES string of the molecule is COc1ccc(CCN)cc1-c1ccsc1. The Balaban J connectivity index is 2.43. The summed E-state index contributed by atoms with van der Waals surface area (Å²) in [6, 6.07) is 8.35. The van der Waals surface area contributed by atoms with Crippen molar-refractivity contribution in [2.45, 2.75) is 6.42 Å². The lowest BCUT2D eigenvalue weighted by atomic mass is 10.0. The molecule has 2 nitrogen and oxygen atoms in total. The third-order valence-electron chi connectivity index (χ3n) is 2.53. The fourth-order valence-corrected chi connectivity index (χ4v) is 2.38. The van der Waals surface area contributed by atoms with Crippen molar-refractivity contribution in [3.05, 3.63) is 40.6 Å². The Kier molecular flexibility index (Phi) is 3.59. The molecule has 0 aliphatic rings. The minimum Gasteiger partial charge on any atom is -0.496 e. The van der Waals surface area contributed by atoms with Crippen LogP contribution in [0.3, 0.4) is 0 Å². The molecule has 1 aromatic heterocycles. The summed E-state index contributed by atoms with van der Waals surface area (Å²) in [5.41, 5.74) is 9.18. The molecule has 1 heterocycles. The Morgan fingerprint density at radius 1 is 1.31 bits per heavy atom. The van der Waals surface area contributed by atoms with Crippen LogP contribution >= 0.6 is 11.3 Å². The molecule has 0 spiro atoms. The Labute approximate surface area is 99.7 Å². The molecule has 2 aromatic rings. The van der Waals surface area contributed by atoms with E-state index in [4.69, 9.17) is 10.5 Å². The molecule has 2 rings (SSSR count). The van der Waals surface area contributed by atoms with Crippen LogP contribution in [0.5, 0.6) is 5.75 Å². The minimum atomic E-state index is 0.676. The van der Waals surface area contributed by atoms with Crippen molar-refractivity contribution >= 4 is 11.3 Å². The maximum Gasteiger partial charge on any atom is 0.126 e. The van der Waals surface area contributed by atoms with Gasteiger partial charge in [-0.1, -0.05) is 6.07 Å². The van der Waals surface area contributed by atoms with E-state index >= 15 is 0 Å². The maximum atomic E-state index is 5.57. The van der Waals surface area contributed by atoms with E-state index in [2.05, 4.69) is 29.0 Å². The fraction of sp³-hybridized carbons (Fsp3) is 0.231. The van der Waals surface area contributed by atoms with E-state index in [0.29, 0.717) is 6.54 Å². The number of hydrogen-bond donors (Lipinski definition) is 1. The normalized spacial score (nSPS) is 10.4. The molecule has 0 atom stereocenters. The van der Waals surface area contributed by atoms with Gasteiger partial charge < -0.3 is 10.5 Å². The molecule has 0 saturated carbocycles. The molecule has 0 amide bonds. The molecule has 0 aliphatic heterocycles. The number of ether oxygens (including phenoxy) is 1. The molecule has 2 N–H and O–H groups in total. The molecule has 0 radical (unpaired) electrons. The second kappa shape index (κ2) is 5.14. The standard InChI is InChI=1S/C13H15NOS/c1-15-13-3-2-10(4-6-14)8-12(13)11-5-7-16-9-11/h2-3,5,7-9H,4,6,14H2,1H3. The van der Waals surface area contributed by atoms with Crippen molar-refractivity contribution < 1.29 is 4.74 Å². The van der Waals surface area contributed by atoms with Gasteiger partial charge in [-0.2, -0.15) is 11.3 Å². The fourth-order valence-electron chi connectivity index (χ4n) is 1.72. The van der Waals surface area contributed by atoms with Gasteiger partial charge in [-0.15, -0.1) is 0 Å². The number of nitrogens with two attached hydrogens (primary N) is 1. The molecule has 0 saturated heterocycles. The summed E-state index contributed by atoms with van der Waals surface area (Å²) >= 11 is 1.69. The number of methoxy groups -OCH3 is 1. The number of thiophene rings is 1. The van der Waals surface area contributed by atoms with Gasteiger partial charge in [0.25, 0.3) is 0 Å². The van der Waals surface area contributed by atoms with Gasteiger partial charge >= 0.3 is 0 Å². The minimum absolute atomic E-state index is 0.676. The highest BCUT2D eigenvalue weighted by molar-refractivity contribution is 7.08. The van der Waals surface area contributed by atoms with E-state index < -0.39 is 0 Å². The number of benzene rings is 1. The summed E-state index contributed by atoms with van der Waals surface area (Å²) in [5, 5.41) is 4.20. The Morgan fingerprint density at radius 3 is 2.81 bits per heavy atom. The highest BCUT2D eigenvalue weighted by Gasteiger charge is 2.07. The van der Waals surface area contributed by atoms with Crippen LogP contribution < -0.4 is 10.5 Å². The largest absolute Gasteiger partial charge is 0.496 e. The molecule has 0 unspecified atom stereocenters. The highest BCUT2D eigenvalue weighted by Crippen LogP contribution is 2.32. The first kappa shape index (κ1) is 11.2. The van der Waals surface area contributed by atoms with E-state index in [1.807, 2.05) is 6.07 Å². The molecule has 1 aromatic carbocycles. The third kappa shape index (κ3) is 2.26. The Hall–Kier alpha value is -1.32. The van der Waals surface area contributed by atoms with Crippen molar-refractivity contribution in [1.82, 2.24) is 0 Å². The van der Waals surface area contributed by atoms with Crippen LogP contribution in [0, 0.1) is 0 Å². The Morgan fingerprint density at radius 2 is 2.19 bits per heavy atom. The van der Waals surface area contributed by atoms with Crippen molar-refractivity contribution in [2.24, 2.45) is 5.73 Å². The van der Waals surface area contributed by atoms with E-state index in [9.17, 15) is 0 Å².